The van der Waals surface area contributed by atoms with Gasteiger partial charge in [0.2, 0.25) is 0 Å². The van der Waals surface area contributed by atoms with E-state index in [1.165, 1.54) is 0 Å². The molecule has 2 aromatic heterocycles. The molecule has 1 aromatic carbocycles. The lowest BCUT2D eigenvalue weighted by molar-refractivity contribution is 0.244. The fourth-order valence-electron chi connectivity index (χ4n) is 2.87. The Kier molecular flexibility index (Phi) is 5.54. The van der Waals surface area contributed by atoms with Gasteiger partial charge in [-0.1, -0.05) is 36.4 Å². The van der Waals surface area contributed by atoms with Crippen molar-refractivity contribution in [3.8, 4) is 16.9 Å². The number of ether oxygens (including phenoxy) is 1. The first-order valence-corrected chi connectivity index (χ1v) is 8.83. The summed E-state index contributed by atoms with van der Waals surface area (Å²) in [4.78, 5) is 7.80. The number of benzene rings is 1. The number of rotatable bonds is 6. The molecule has 3 aromatic rings. The highest BCUT2D eigenvalue weighted by Gasteiger charge is 2.12. The van der Waals surface area contributed by atoms with Crippen LogP contribution in [-0.2, 0) is 0 Å². The Labute approximate surface area is 153 Å². The first-order chi connectivity index (χ1) is 12.6. The highest BCUT2D eigenvalue weighted by Crippen LogP contribution is 2.35. The Morgan fingerprint density at radius 2 is 2.12 bits per heavy atom. The third kappa shape index (κ3) is 3.86. The molecule has 0 saturated carbocycles. The molecule has 0 spiro atoms. The zero-order valence-electron chi connectivity index (χ0n) is 15.4. The predicted molar refractivity (Wildman–Crippen MR) is 107 cm³/mol. The van der Waals surface area contributed by atoms with Gasteiger partial charge in [0.05, 0.1) is 12.7 Å². The van der Waals surface area contributed by atoms with E-state index in [0.717, 1.165) is 39.0 Å². The SMILES string of the molecule is CCOc1ccccc1-c1c[nH]c2ncc(/C(C)=C/C=C\C(C)O)cc12. The van der Waals surface area contributed by atoms with Crippen molar-refractivity contribution in [1.29, 1.82) is 0 Å². The minimum Gasteiger partial charge on any atom is -0.493 e. The Bertz CT molecular complexity index is 952. The number of aliphatic hydroxyl groups excluding tert-OH is 1. The number of aromatic nitrogens is 2. The van der Waals surface area contributed by atoms with E-state index in [2.05, 4.69) is 22.1 Å². The van der Waals surface area contributed by atoms with Gasteiger partial charge in [0.1, 0.15) is 11.4 Å². The Hall–Kier alpha value is -2.85. The topological polar surface area (TPSA) is 58.1 Å². The maximum atomic E-state index is 9.34. The summed E-state index contributed by atoms with van der Waals surface area (Å²) in [6.07, 6.45) is 8.98. The average molecular weight is 348 g/mol. The summed E-state index contributed by atoms with van der Waals surface area (Å²) in [5, 5.41) is 10.4. The number of aliphatic hydroxyl groups is 1. The summed E-state index contributed by atoms with van der Waals surface area (Å²) in [6.45, 7) is 6.38. The highest BCUT2D eigenvalue weighted by molar-refractivity contribution is 5.96. The maximum Gasteiger partial charge on any atom is 0.137 e. The van der Waals surface area contributed by atoms with E-state index in [1.54, 1.807) is 13.0 Å². The van der Waals surface area contributed by atoms with Crippen molar-refractivity contribution >= 4 is 16.6 Å². The van der Waals surface area contributed by atoms with Crippen molar-refractivity contribution in [3.63, 3.8) is 0 Å². The van der Waals surface area contributed by atoms with Crippen molar-refractivity contribution < 1.29 is 9.84 Å². The molecule has 134 valence electrons. The van der Waals surface area contributed by atoms with E-state index in [0.29, 0.717) is 6.61 Å². The lowest BCUT2D eigenvalue weighted by Gasteiger charge is -2.09. The van der Waals surface area contributed by atoms with E-state index < -0.39 is 6.10 Å². The number of para-hydroxylation sites is 1. The number of hydrogen-bond donors (Lipinski definition) is 2. The summed E-state index contributed by atoms with van der Waals surface area (Å²) in [5.74, 6) is 0.869. The average Bonchev–Trinajstić information content (AvgIpc) is 3.05. The van der Waals surface area contributed by atoms with Crippen LogP contribution in [0.5, 0.6) is 5.75 Å². The Morgan fingerprint density at radius 1 is 1.31 bits per heavy atom. The molecule has 2 heterocycles. The minimum absolute atomic E-state index is 0.453. The second kappa shape index (κ2) is 8.02. The third-order valence-electron chi connectivity index (χ3n) is 4.20. The van der Waals surface area contributed by atoms with Gasteiger partial charge in [-0.05, 0) is 44.0 Å². The van der Waals surface area contributed by atoms with Gasteiger partial charge in [-0.15, -0.1) is 0 Å². The molecule has 0 aliphatic heterocycles. The van der Waals surface area contributed by atoms with E-state index in [4.69, 9.17) is 4.74 Å². The molecule has 4 heteroatoms. The second-order valence-corrected chi connectivity index (χ2v) is 6.23. The standard InChI is InChI=1S/C22H24N2O2/c1-4-26-21-11-6-5-10-18(21)20-14-24-22-19(20)12-17(13-23-22)15(2)8-7-9-16(3)25/h5-14,16,25H,4H2,1-3H3,(H,23,24)/b9-7-,15-8+. The van der Waals surface area contributed by atoms with Gasteiger partial charge < -0.3 is 14.8 Å². The monoisotopic (exact) mass is 348 g/mol. The molecule has 0 radical (unpaired) electrons. The highest BCUT2D eigenvalue weighted by atomic mass is 16.5. The quantitative estimate of drug-likeness (QED) is 0.618. The van der Waals surface area contributed by atoms with Gasteiger partial charge in [-0.3, -0.25) is 0 Å². The van der Waals surface area contributed by atoms with Gasteiger partial charge in [0, 0.05) is 28.9 Å². The van der Waals surface area contributed by atoms with Crippen LogP contribution < -0.4 is 4.74 Å². The van der Waals surface area contributed by atoms with Crippen LogP contribution in [0, 0.1) is 0 Å². The summed E-state index contributed by atoms with van der Waals surface area (Å²) in [6, 6.07) is 10.2. The molecule has 0 saturated heterocycles. The Balaban J connectivity index is 2.05. The van der Waals surface area contributed by atoms with Crippen molar-refractivity contribution in [2.24, 2.45) is 0 Å². The number of hydrogen-bond acceptors (Lipinski definition) is 3. The van der Waals surface area contributed by atoms with Gasteiger partial charge in [0.15, 0.2) is 0 Å². The molecule has 0 amide bonds. The number of pyridine rings is 1. The molecular weight excluding hydrogens is 324 g/mol. The van der Waals surface area contributed by atoms with Crippen LogP contribution >= 0.6 is 0 Å². The van der Waals surface area contributed by atoms with E-state index >= 15 is 0 Å². The maximum absolute atomic E-state index is 9.34. The Morgan fingerprint density at radius 3 is 2.88 bits per heavy atom. The molecule has 0 bridgehead atoms. The van der Waals surface area contributed by atoms with E-state index in [9.17, 15) is 5.11 Å². The molecule has 3 rings (SSSR count). The molecule has 0 aliphatic rings. The summed E-state index contributed by atoms with van der Waals surface area (Å²) >= 11 is 0. The number of nitrogens with zero attached hydrogens (tertiary/aromatic N) is 1. The van der Waals surface area contributed by atoms with Gasteiger partial charge >= 0.3 is 0 Å². The fraction of sp³-hybridized carbons (Fsp3) is 0.227. The number of fused-ring (bicyclic) bond motifs is 1. The van der Waals surface area contributed by atoms with Crippen LogP contribution in [0.1, 0.15) is 26.3 Å². The van der Waals surface area contributed by atoms with Crippen molar-refractivity contribution in [3.05, 3.63) is 66.5 Å². The zero-order valence-corrected chi connectivity index (χ0v) is 15.4. The first-order valence-electron chi connectivity index (χ1n) is 8.83. The van der Waals surface area contributed by atoms with Crippen LogP contribution in [0.3, 0.4) is 0 Å². The van der Waals surface area contributed by atoms with Gasteiger partial charge in [0.25, 0.3) is 0 Å². The molecule has 0 aliphatic carbocycles. The van der Waals surface area contributed by atoms with Gasteiger partial charge in [-0.25, -0.2) is 4.98 Å². The zero-order chi connectivity index (χ0) is 18.5. The number of allylic oxidation sites excluding steroid dienone is 3. The van der Waals surface area contributed by atoms with Crippen LogP contribution in [-0.4, -0.2) is 27.8 Å². The first kappa shape index (κ1) is 18.0. The van der Waals surface area contributed by atoms with Gasteiger partial charge in [-0.2, -0.15) is 0 Å². The van der Waals surface area contributed by atoms with Crippen molar-refractivity contribution in [2.45, 2.75) is 26.9 Å². The number of nitrogens with one attached hydrogen (secondary N) is 1. The van der Waals surface area contributed by atoms with Crippen LogP contribution in [0.15, 0.2) is 61.0 Å². The number of aromatic amines is 1. The van der Waals surface area contributed by atoms with Crippen molar-refractivity contribution in [1.82, 2.24) is 9.97 Å². The fourth-order valence-corrected chi connectivity index (χ4v) is 2.87. The smallest absolute Gasteiger partial charge is 0.137 e. The molecule has 1 atom stereocenters. The lowest BCUT2D eigenvalue weighted by atomic mass is 10.0. The van der Waals surface area contributed by atoms with Crippen molar-refractivity contribution in [2.75, 3.05) is 6.61 Å². The van der Waals surface area contributed by atoms with Crippen LogP contribution in [0.4, 0.5) is 0 Å². The second-order valence-electron chi connectivity index (χ2n) is 6.23. The molecule has 4 nitrogen and oxygen atoms in total. The molecular formula is C22H24N2O2. The predicted octanol–water partition coefficient (Wildman–Crippen LogP) is 4.97. The van der Waals surface area contributed by atoms with Crippen LogP contribution in [0.2, 0.25) is 0 Å². The molecule has 0 fully saturated rings. The largest absolute Gasteiger partial charge is 0.493 e. The molecule has 26 heavy (non-hydrogen) atoms. The van der Waals surface area contributed by atoms with E-state index in [-0.39, 0.29) is 0 Å². The molecule has 1 unspecified atom stereocenters. The minimum atomic E-state index is -0.453. The lowest BCUT2D eigenvalue weighted by Crippen LogP contribution is -1.93. The third-order valence-corrected chi connectivity index (χ3v) is 4.20. The normalized spacial score (nSPS) is 13.5. The van der Waals surface area contributed by atoms with Crippen LogP contribution in [0.25, 0.3) is 27.7 Å². The number of H-pyrrole nitrogens is 1. The summed E-state index contributed by atoms with van der Waals surface area (Å²) < 4.78 is 5.78. The summed E-state index contributed by atoms with van der Waals surface area (Å²) in [5.41, 5.74) is 5.10. The molecule has 2 N–H and O–H groups in total. The summed E-state index contributed by atoms with van der Waals surface area (Å²) in [7, 11) is 0. The van der Waals surface area contributed by atoms with E-state index in [1.807, 2.05) is 56.6 Å².